The molecule has 2 aliphatic carbocycles. The molecule has 4 aromatic carbocycles. The largest absolute Gasteiger partial charge is 0.377 e. The van der Waals surface area contributed by atoms with Crippen LogP contribution in [-0.4, -0.2) is 173 Å². The summed E-state index contributed by atoms with van der Waals surface area (Å²) in [6.07, 6.45) is 4.46. The standard InChI is InChI=1S/C63H86N10O8/c1-41(65-9)55(77)69-54(61(5,6)7)59(81)73-31-17-29-63(73)37-49(63)71(33-27-43-20-14-11-15-21-43)52(76)40-67-57(79)46-25-23-44-22-24-45(34-47(44)35-46)56(78)66-39-51(75)70(32-26-42-18-12-10-13-19-42)48-36-62(48)28-16-30-72(62)58(80)53(60(2,3)4)68-50(74)38-64-8/h10-15,18-25,34-35,41,48-50,53-54,64-65,68,74H,16-17,26-33,36-40H2,1-9H3,(H,66,78)(H,67,79)(H,69,77)/t41-,48?,49-,50?,53+,54+,62?,63?/m0/s1. The first-order valence-corrected chi connectivity index (χ1v) is 29.0. The van der Waals surface area contributed by atoms with Crippen molar-refractivity contribution in [3.05, 3.63) is 119 Å². The first-order chi connectivity index (χ1) is 38.5. The molecule has 7 N–H and O–H groups in total. The number of nitrogens with zero attached hydrogens (tertiary/aromatic N) is 4. The molecule has 2 saturated heterocycles. The third-order valence-electron chi connectivity index (χ3n) is 17.2. The lowest BCUT2D eigenvalue weighted by molar-refractivity contribution is -0.142. The highest BCUT2D eigenvalue weighted by atomic mass is 16.3. The Balaban J connectivity index is 0.930. The van der Waals surface area contributed by atoms with Gasteiger partial charge in [0.15, 0.2) is 0 Å². The lowest BCUT2D eigenvalue weighted by Crippen LogP contribution is -2.59. The zero-order valence-electron chi connectivity index (χ0n) is 48.9. The van der Waals surface area contributed by atoms with Crippen LogP contribution in [0.5, 0.6) is 0 Å². The van der Waals surface area contributed by atoms with Gasteiger partial charge in [0, 0.05) is 43.9 Å². The van der Waals surface area contributed by atoms with Gasteiger partial charge >= 0.3 is 0 Å². The fourth-order valence-corrected chi connectivity index (χ4v) is 12.4. The molecule has 4 fully saturated rings. The molecule has 4 unspecified atom stereocenters. The van der Waals surface area contributed by atoms with Gasteiger partial charge in [-0.1, -0.05) is 114 Å². The number of hydrogen-bond donors (Lipinski definition) is 7. The van der Waals surface area contributed by atoms with Crippen molar-refractivity contribution in [1.29, 1.82) is 0 Å². The van der Waals surface area contributed by atoms with E-state index >= 15 is 0 Å². The number of likely N-dealkylation sites (tertiary alicyclic amines) is 2. The van der Waals surface area contributed by atoms with Crippen molar-refractivity contribution >= 4 is 52.1 Å². The van der Waals surface area contributed by atoms with Crippen molar-refractivity contribution in [2.75, 3.05) is 59.9 Å². The van der Waals surface area contributed by atoms with Gasteiger partial charge in [-0.15, -0.1) is 0 Å². The maximum atomic E-state index is 14.5. The topological polar surface area (TPSA) is 225 Å². The average Bonchev–Trinajstić information content (AvgIpc) is 2.05. The van der Waals surface area contributed by atoms with Crippen molar-refractivity contribution in [2.45, 2.75) is 147 Å². The van der Waals surface area contributed by atoms with Crippen molar-refractivity contribution in [2.24, 2.45) is 10.8 Å². The van der Waals surface area contributed by atoms with Gasteiger partial charge in [-0.05, 0) is 129 Å². The molecule has 0 bridgehead atoms. The summed E-state index contributed by atoms with van der Waals surface area (Å²) in [6, 6.07) is 27.6. The predicted octanol–water partition coefficient (Wildman–Crippen LogP) is 4.39. The van der Waals surface area contributed by atoms with Crippen LogP contribution in [0.2, 0.25) is 0 Å². The number of fused-ring (bicyclic) bond motifs is 1. The summed E-state index contributed by atoms with van der Waals surface area (Å²) < 4.78 is 0. The fourth-order valence-electron chi connectivity index (χ4n) is 12.4. The maximum absolute atomic E-state index is 14.5. The molecule has 8 rings (SSSR count). The van der Waals surface area contributed by atoms with E-state index in [9.17, 15) is 38.7 Å². The van der Waals surface area contributed by atoms with Crippen LogP contribution in [0.4, 0.5) is 0 Å². The van der Waals surface area contributed by atoms with E-state index in [1.165, 1.54) is 0 Å². The number of nitrogens with one attached hydrogen (secondary N) is 6. The van der Waals surface area contributed by atoms with E-state index in [4.69, 9.17) is 0 Å². The summed E-state index contributed by atoms with van der Waals surface area (Å²) in [5, 5.41) is 29.9. The van der Waals surface area contributed by atoms with Crippen LogP contribution in [0.25, 0.3) is 10.8 Å². The first kappa shape index (κ1) is 60.4. The Hall–Kier alpha value is -6.73. The quantitative estimate of drug-likeness (QED) is 0.0516. The third-order valence-corrected chi connectivity index (χ3v) is 17.2. The number of benzene rings is 4. The number of aliphatic hydroxyl groups is 1. The highest BCUT2D eigenvalue weighted by Gasteiger charge is 2.66. The molecular formula is C63H86N10O8. The summed E-state index contributed by atoms with van der Waals surface area (Å²) in [5.41, 5.74) is 0.486. The Kier molecular flexibility index (Phi) is 18.8. The van der Waals surface area contributed by atoms with E-state index in [0.717, 1.165) is 35.8 Å². The lowest BCUT2D eigenvalue weighted by atomic mass is 9.85. The molecule has 81 heavy (non-hydrogen) atoms. The number of carbonyl (C=O) groups excluding carboxylic acids is 7. The second-order valence-corrected chi connectivity index (χ2v) is 25.0. The second-order valence-electron chi connectivity index (χ2n) is 25.0. The number of hydrogen-bond acceptors (Lipinski definition) is 11. The second kappa shape index (κ2) is 25.2. The molecule has 0 aromatic heterocycles. The average molecular weight is 1110 g/mol. The summed E-state index contributed by atoms with van der Waals surface area (Å²) in [6.45, 7) is 15.0. The van der Waals surface area contributed by atoms with Gasteiger partial charge in [-0.2, -0.15) is 0 Å². The predicted molar refractivity (Wildman–Crippen MR) is 313 cm³/mol. The molecule has 2 heterocycles. The number of rotatable bonds is 23. The van der Waals surface area contributed by atoms with Gasteiger partial charge < -0.3 is 51.3 Å². The molecular weight excluding hydrogens is 1020 g/mol. The lowest BCUT2D eigenvalue weighted by Gasteiger charge is -2.38. The SMILES string of the molecule is CNCC(O)N[C@H](C(=O)N1CCCC12CC2N(CCc1ccccc1)C(=O)CNC(=O)c1ccc2ccc(C(=O)NCC(=O)N(CCc3ccccc3)[C@H]3CC34CCCN4C(=O)[C@@H](NC(=O)[C@H](C)NC)C(C)(C)C)cc2c1)C(C)(C)C. The third kappa shape index (κ3) is 13.8. The highest BCUT2D eigenvalue weighted by Crippen LogP contribution is 2.54. The smallest absolute Gasteiger partial charge is 0.251 e. The number of aliphatic hydroxyl groups excluding tert-OH is 1. The zero-order valence-corrected chi connectivity index (χ0v) is 48.9. The molecule has 2 saturated carbocycles. The zero-order chi connectivity index (χ0) is 58.4. The van der Waals surface area contributed by atoms with Crippen LogP contribution in [-0.2, 0) is 36.8 Å². The number of likely N-dealkylation sites (N-methyl/N-ethyl adjacent to an activating group) is 2. The summed E-state index contributed by atoms with van der Waals surface area (Å²) in [5.74, 6) is -1.99. The van der Waals surface area contributed by atoms with E-state index in [-0.39, 0.29) is 61.3 Å². The Labute approximate surface area is 477 Å². The molecule has 18 heteroatoms. The Bertz CT molecular complexity index is 2930. The van der Waals surface area contributed by atoms with Crippen LogP contribution >= 0.6 is 0 Å². The van der Waals surface area contributed by atoms with Crippen LogP contribution in [0.15, 0.2) is 97.1 Å². The molecule has 18 nitrogen and oxygen atoms in total. The fraction of sp³-hybridized carbons (Fsp3) is 0.540. The Morgan fingerprint density at radius 3 is 1.49 bits per heavy atom. The molecule has 2 spiro atoms. The van der Waals surface area contributed by atoms with Crippen LogP contribution in [0, 0.1) is 10.8 Å². The molecule has 0 radical (unpaired) electrons. The molecule has 2 aliphatic heterocycles. The van der Waals surface area contributed by atoms with Gasteiger partial charge in [0.05, 0.1) is 48.3 Å². The van der Waals surface area contributed by atoms with Crippen LogP contribution in [0.3, 0.4) is 0 Å². The minimum Gasteiger partial charge on any atom is -0.377 e. The molecule has 436 valence electrons. The van der Waals surface area contributed by atoms with E-state index < -0.39 is 58.1 Å². The number of amides is 7. The van der Waals surface area contributed by atoms with Crippen molar-refractivity contribution in [1.82, 2.24) is 51.5 Å². The summed E-state index contributed by atoms with van der Waals surface area (Å²) in [7, 11) is 3.44. The molecule has 4 aliphatic rings. The molecule has 4 aromatic rings. The minimum absolute atomic E-state index is 0.101. The maximum Gasteiger partial charge on any atom is 0.251 e. The van der Waals surface area contributed by atoms with Gasteiger partial charge in [0.25, 0.3) is 11.8 Å². The highest BCUT2D eigenvalue weighted by molar-refractivity contribution is 6.03. The normalized spacial score (nSPS) is 21.8. The van der Waals surface area contributed by atoms with Crippen molar-refractivity contribution in [3.63, 3.8) is 0 Å². The van der Waals surface area contributed by atoms with Crippen LogP contribution < -0.4 is 31.9 Å². The summed E-state index contributed by atoms with van der Waals surface area (Å²) in [4.78, 5) is 106. The van der Waals surface area contributed by atoms with Crippen LogP contribution in [0.1, 0.15) is 119 Å². The van der Waals surface area contributed by atoms with E-state index in [0.29, 0.717) is 74.8 Å². The van der Waals surface area contributed by atoms with Gasteiger partial charge in [-0.3, -0.25) is 38.9 Å². The van der Waals surface area contributed by atoms with E-state index in [2.05, 4.69) is 31.9 Å². The van der Waals surface area contributed by atoms with Crippen molar-refractivity contribution in [3.8, 4) is 0 Å². The van der Waals surface area contributed by atoms with Gasteiger partial charge in [-0.25, -0.2) is 0 Å². The Morgan fingerprint density at radius 1 is 0.630 bits per heavy atom. The summed E-state index contributed by atoms with van der Waals surface area (Å²) >= 11 is 0. The number of carbonyl (C=O) groups is 7. The van der Waals surface area contributed by atoms with Gasteiger partial charge in [0.1, 0.15) is 12.3 Å². The monoisotopic (exact) mass is 1110 g/mol. The molecule has 8 atom stereocenters. The van der Waals surface area contributed by atoms with E-state index in [1.807, 2.05) is 122 Å². The Morgan fingerprint density at radius 2 is 1.07 bits per heavy atom. The first-order valence-electron chi connectivity index (χ1n) is 29.0. The minimum atomic E-state index is -0.931. The van der Waals surface area contributed by atoms with Gasteiger partial charge in [0.2, 0.25) is 29.5 Å². The molecule has 7 amide bonds. The van der Waals surface area contributed by atoms with Crippen molar-refractivity contribution < 1.29 is 38.7 Å². The van der Waals surface area contributed by atoms with E-state index in [1.54, 1.807) is 57.4 Å².